The lowest BCUT2D eigenvalue weighted by molar-refractivity contribution is 0.0953. The Bertz CT molecular complexity index is 1060. The summed E-state index contributed by atoms with van der Waals surface area (Å²) < 4.78 is 27.4. The van der Waals surface area contributed by atoms with Crippen molar-refractivity contribution in [3.05, 3.63) is 63.2 Å². The first kappa shape index (κ1) is 20.5. The van der Waals surface area contributed by atoms with Crippen molar-refractivity contribution in [3.8, 4) is 0 Å². The maximum Gasteiger partial charge on any atom is 0.251 e. The summed E-state index contributed by atoms with van der Waals surface area (Å²) in [5.41, 5.74) is 2.01. The Morgan fingerprint density at radius 1 is 1.32 bits per heavy atom. The Balaban J connectivity index is 1.61. The number of carbonyl (C=O) groups is 1. The van der Waals surface area contributed by atoms with E-state index in [9.17, 15) is 13.2 Å². The summed E-state index contributed by atoms with van der Waals surface area (Å²) in [6, 6.07) is 6.30. The number of aromatic nitrogens is 4. The van der Waals surface area contributed by atoms with Crippen molar-refractivity contribution >= 4 is 38.3 Å². The van der Waals surface area contributed by atoms with Gasteiger partial charge >= 0.3 is 0 Å². The Labute approximate surface area is 176 Å². The maximum atomic E-state index is 12.7. The van der Waals surface area contributed by atoms with Crippen LogP contribution < -0.4 is 5.32 Å². The Kier molecular flexibility index (Phi) is 6.50. The van der Waals surface area contributed by atoms with Gasteiger partial charge in [-0.25, -0.2) is 8.42 Å². The van der Waals surface area contributed by atoms with Crippen LogP contribution in [0.3, 0.4) is 0 Å². The number of sulfone groups is 1. The second-order valence-electron chi connectivity index (χ2n) is 6.35. The Morgan fingerprint density at radius 2 is 2.14 bits per heavy atom. The zero-order valence-corrected chi connectivity index (χ0v) is 18.2. The highest BCUT2D eigenvalue weighted by molar-refractivity contribution is 14.1. The molecule has 3 rings (SSSR count). The van der Waals surface area contributed by atoms with Crippen molar-refractivity contribution in [3.63, 3.8) is 0 Å². The first-order chi connectivity index (χ1) is 13.3. The molecule has 0 aliphatic rings. The molecular formula is C18H20IN5O3S. The smallest absolute Gasteiger partial charge is 0.251 e. The minimum absolute atomic E-state index is 0.177. The molecule has 0 fully saturated rings. The monoisotopic (exact) mass is 513 g/mol. The van der Waals surface area contributed by atoms with E-state index in [1.165, 1.54) is 6.07 Å². The van der Waals surface area contributed by atoms with Crippen molar-refractivity contribution in [1.29, 1.82) is 0 Å². The number of carbonyl (C=O) groups excluding carboxylic acids is 1. The minimum Gasteiger partial charge on any atom is -0.352 e. The van der Waals surface area contributed by atoms with Crippen LogP contribution in [0.2, 0.25) is 0 Å². The summed E-state index contributed by atoms with van der Waals surface area (Å²) in [5, 5.41) is 13.6. The summed E-state index contributed by atoms with van der Waals surface area (Å²) >= 11 is 1.95. The molecule has 0 aliphatic heterocycles. The molecule has 0 saturated heterocycles. The van der Waals surface area contributed by atoms with E-state index in [4.69, 9.17) is 0 Å². The molecule has 0 spiro atoms. The van der Waals surface area contributed by atoms with Crippen LogP contribution in [0.15, 0.2) is 47.8 Å². The van der Waals surface area contributed by atoms with Crippen molar-refractivity contribution < 1.29 is 13.2 Å². The van der Waals surface area contributed by atoms with E-state index in [2.05, 4.69) is 20.6 Å². The second kappa shape index (κ2) is 8.86. The van der Waals surface area contributed by atoms with Gasteiger partial charge in [-0.05, 0) is 65.3 Å². The summed E-state index contributed by atoms with van der Waals surface area (Å²) in [7, 11) is -1.80. The molecule has 2 aromatic heterocycles. The Morgan fingerprint density at radius 3 is 2.79 bits per heavy atom. The van der Waals surface area contributed by atoms with Gasteiger partial charge < -0.3 is 5.32 Å². The zero-order valence-electron chi connectivity index (χ0n) is 15.2. The van der Waals surface area contributed by atoms with Crippen LogP contribution in [0.25, 0.3) is 0 Å². The molecule has 2 N–H and O–H groups in total. The third kappa shape index (κ3) is 5.19. The largest absolute Gasteiger partial charge is 0.352 e. The van der Waals surface area contributed by atoms with Gasteiger partial charge in [0, 0.05) is 35.1 Å². The van der Waals surface area contributed by atoms with Crippen LogP contribution in [-0.2, 0) is 29.1 Å². The number of rotatable bonds is 8. The standard InChI is InChI=1S/C18H20IN5O3S/c1-24-8-6-15(23-24)12-28(26,27)17-5-4-14(9-16(17)19)18(25)20-7-2-3-13-10-21-22-11-13/h4-6,8-11H,2-3,7,12H2,1H3,(H,20,25)(H,21,22). The fourth-order valence-corrected chi connectivity index (χ4v) is 5.57. The summed E-state index contributed by atoms with van der Waals surface area (Å²) in [4.78, 5) is 12.5. The van der Waals surface area contributed by atoms with Gasteiger partial charge in [-0.3, -0.25) is 14.6 Å². The first-order valence-corrected chi connectivity index (χ1v) is 11.3. The van der Waals surface area contributed by atoms with E-state index < -0.39 is 9.84 Å². The maximum absolute atomic E-state index is 12.7. The van der Waals surface area contributed by atoms with Crippen molar-refractivity contribution in [2.45, 2.75) is 23.5 Å². The number of aryl methyl sites for hydroxylation is 2. The highest BCUT2D eigenvalue weighted by Crippen LogP contribution is 2.23. The number of benzene rings is 1. The number of amides is 1. The molecule has 1 amide bonds. The fourth-order valence-electron chi connectivity index (χ4n) is 2.72. The van der Waals surface area contributed by atoms with E-state index in [0.29, 0.717) is 21.4 Å². The highest BCUT2D eigenvalue weighted by atomic mass is 127. The van der Waals surface area contributed by atoms with E-state index in [0.717, 1.165) is 18.4 Å². The van der Waals surface area contributed by atoms with Crippen LogP contribution in [0.4, 0.5) is 0 Å². The summed E-state index contributed by atoms with van der Waals surface area (Å²) in [6.07, 6.45) is 6.90. The fraction of sp³-hybridized carbons (Fsp3) is 0.278. The van der Waals surface area contributed by atoms with Crippen LogP contribution in [0.5, 0.6) is 0 Å². The minimum atomic E-state index is -3.54. The van der Waals surface area contributed by atoms with Crippen LogP contribution in [0.1, 0.15) is 28.0 Å². The molecule has 0 radical (unpaired) electrons. The van der Waals surface area contributed by atoms with E-state index in [1.54, 1.807) is 42.3 Å². The van der Waals surface area contributed by atoms with Gasteiger partial charge in [-0.1, -0.05) is 0 Å². The second-order valence-corrected chi connectivity index (χ2v) is 9.47. The van der Waals surface area contributed by atoms with Crippen molar-refractivity contribution in [2.24, 2.45) is 7.05 Å². The lowest BCUT2D eigenvalue weighted by Crippen LogP contribution is -2.25. The molecule has 148 valence electrons. The molecule has 8 nitrogen and oxygen atoms in total. The quantitative estimate of drug-likeness (QED) is 0.354. The average molecular weight is 513 g/mol. The van der Waals surface area contributed by atoms with Gasteiger partial charge in [0.15, 0.2) is 9.84 Å². The number of nitrogens with zero attached hydrogens (tertiary/aromatic N) is 3. The molecule has 10 heteroatoms. The first-order valence-electron chi connectivity index (χ1n) is 8.62. The third-order valence-corrected chi connectivity index (χ3v) is 7.08. The number of nitrogens with one attached hydrogen (secondary N) is 2. The molecule has 28 heavy (non-hydrogen) atoms. The molecular weight excluding hydrogens is 493 g/mol. The normalized spacial score (nSPS) is 11.5. The third-order valence-electron chi connectivity index (χ3n) is 4.12. The number of hydrogen-bond donors (Lipinski definition) is 2. The molecule has 2 heterocycles. The van der Waals surface area contributed by atoms with Gasteiger partial charge in [0.25, 0.3) is 5.91 Å². The number of hydrogen-bond acceptors (Lipinski definition) is 5. The van der Waals surface area contributed by atoms with E-state index in [-0.39, 0.29) is 16.6 Å². The molecule has 3 aromatic rings. The van der Waals surface area contributed by atoms with Gasteiger partial charge in [0.2, 0.25) is 0 Å². The molecule has 1 aromatic carbocycles. The molecule has 0 atom stereocenters. The molecule has 0 saturated carbocycles. The van der Waals surface area contributed by atoms with Crippen LogP contribution in [0, 0.1) is 3.57 Å². The topological polar surface area (TPSA) is 110 Å². The predicted octanol–water partition coefficient (Wildman–Crippen LogP) is 2.08. The van der Waals surface area contributed by atoms with E-state index in [1.807, 2.05) is 28.8 Å². The lowest BCUT2D eigenvalue weighted by atomic mass is 10.2. The molecule has 0 unspecified atom stereocenters. The zero-order chi connectivity index (χ0) is 20.1. The van der Waals surface area contributed by atoms with Gasteiger partial charge in [-0.15, -0.1) is 0 Å². The van der Waals surface area contributed by atoms with Crippen molar-refractivity contribution in [2.75, 3.05) is 6.54 Å². The van der Waals surface area contributed by atoms with E-state index >= 15 is 0 Å². The molecule has 0 bridgehead atoms. The summed E-state index contributed by atoms with van der Waals surface area (Å²) in [6.45, 7) is 0.528. The number of halogens is 1. The Hall–Kier alpha value is -2.21. The van der Waals surface area contributed by atoms with Gasteiger partial charge in [0.05, 0.1) is 22.5 Å². The van der Waals surface area contributed by atoms with Gasteiger partial charge in [-0.2, -0.15) is 10.2 Å². The predicted molar refractivity (Wildman–Crippen MR) is 112 cm³/mol. The number of H-pyrrole nitrogens is 1. The molecule has 0 aliphatic carbocycles. The van der Waals surface area contributed by atoms with Crippen LogP contribution >= 0.6 is 22.6 Å². The number of aromatic amines is 1. The van der Waals surface area contributed by atoms with Crippen LogP contribution in [-0.4, -0.2) is 40.8 Å². The van der Waals surface area contributed by atoms with Gasteiger partial charge in [0.1, 0.15) is 0 Å². The average Bonchev–Trinajstić information content (AvgIpc) is 3.29. The lowest BCUT2D eigenvalue weighted by Gasteiger charge is -2.09. The highest BCUT2D eigenvalue weighted by Gasteiger charge is 2.21. The summed E-state index contributed by atoms with van der Waals surface area (Å²) in [5.74, 6) is -0.401. The SMILES string of the molecule is Cn1ccc(CS(=O)(=O)c2ccc(C(=O)NCCCc3cn[nH]c3)cc2I)n1. The van der Waals surface area contributed by atoms with Crippen molar-refractivity contribution in [1.82, 2.24) is 25.3 Å².